The van der Waals surface area contributed by atoms with Crippen molar-refractivity contribution in [1.82, 2.24) is 4.90 Å². The molecule has 0 spiro atoms. The first-order chi connectivity index (χ1) is 10.1. The number of methoxy groups -OCH3 is 2. The SMILES string of the molecule is CCC(CC(N)=S)N1CCc2cc(OC)c(OC)cc2C1. The van der Waals surface area contributed by atoms with Gasteiger partial charge in [0, 0.05) is 25.6 Å². The van der Waals surface area contributed by atoms with Gasteiger partial charge in [-0.2, -0.15) is 0 Å². The van der Waals surface area contributed by atoms with E-state index < -0.39 is 0 Å². The molecule has 0 radical (unpaired) electrons. The highest BCUT2D eigenvalue weighted by Gasteiger charge is 2.24. The van der Waals surface area contributed by atoms with Crippen molar-refractivity contribution in [3.8, 4) is 11.5 Å². The summed E-state index contributed by atoms with van der Waals surface area (Å²) in [7, 11) is 3.35. The van der Waals surface area contributed by atoms with Crippen LogP contribution in [-0.2, 0) is 13.0 Å². The molecule has 5 heteroatoms. The molecule has 1 aromatic carbocycles. The molecule has 2 rings (SSSR count). The summed E-state index contributed by atoms with van der Waals surface area (Å²) in [5.41, 5.74) is 8.37. The fraction of sp³-hybridized carbons (Fsp3) is 0.562. The van der Waals surface area contributed by atoms with E-state index in [4.69, 9.17) is 27.4 Å². The molecule has 1 aliphatic heterocycles. The van der Waals surface area contributed by atoms with Crippen LogP contribution in [0.5, 0.6) is 11.5 Å². The topological polar surface area (TPSA) is 47.7 Å². The quantitative estimate of drug-likeness (QED) is 0.818. The lowest BCUT2D eigenvalue weighted by molar-refractivity contribution is 0.177. The second kappa shape index (κ2) is 7.09. The lowest BCUT2D eigenvalue weighted by Crippen LogP contribution is -2.40. The van der Waals surface area contributed by atoms with Crippen molar-refractivity contribution in [2.75, 3.05) is 20.8 Å². The Morgan fingerprint density at radius 1 is 1.29 bits per heavy atom. The van der Waals surface area contributed by atoms with Gasteiger partial charge in [0.15, 0.2) is 11.5 Å². The van der Waals surface area contributed by atoms with Gasteiger partial charge < -0.3 is 15.2 Å². The Morgan fingerprint density at radius 3 is 2.43 bits per heavy atom. The Kier molecular flexibility index (Phi) is 5.42. The minimum atomic E-state index is 0.420. The molecule has 0 saturated heterocycles. The molecule has 1 aliphatic rings. The van der Waals surface area contributed by atoms with Gasteiger partial charge in [-0.05, 0) is 36.1 Å². The zero-order valence-corrected chi connectivity index (χ0v) is 13.8. The van der Waals surface area contributed by atoms with Gasteiger partial charge in [0.1, 0.15) is 0 Å². The monoisotopic (exact) mass is 308 g/mol. The largest absolute Gasteiger partial charge is 0.493 e. The summed E-state index contributed by atoms with van der Waals surface area (Å²) < 4.78 is 10.8. The molecule has 1 unspecified atom stereocenters. The third kappa shape index (κ3) is 3.66. The van der Waals surface area contributed by atoms with Gasteiger partial charge in [0.2, 0.25) is 0 Å². The van der Waals surface area contributed by atoms with Crippen LogP contribution in [0.3, 0.4) is 0 Å². The number of fused-ring (bicyclic) bond motifs is 1. The molecule has 1 atom stereocenters. The summed E-state index contributed by atoms with van der Waals surface area (Å²) in [5, 5.41) is 0. The van der Waals surface area contributed by atoms with E-state index in [0.717, 1.165) is 43.9 Å². The van der Waals surface area contributed by atoms with E-state index >= 15 is 0 Å². The fourth-order valence-electron chi connectivity index (χ4n) is 2.98. The first-order valence-electron chi connectivity index (χ1n) is 7.35. The van der Waals surface area contributed by atoms with Gasteiger partial charge in [0.05, 0.1) is 19.2 Å². The lowest BCUT2D eigenvalue weighted by atomic mass is 9.96. The van der Waals surface area contributed by atoms with E-state index in [-0.39, 0.29) is 0 Å². The van der Waals surface area contributed by atoms with Gasteiger partial charge in [-0.3, -0.25) is 4.90 Å². The van der Waals surface area contributed by atoms with Crippen LogP contribution in [-0.4, -0.2) is 36.7 Å². The van der Waals surface area contributed by atoms with Gasteiger partial charge >= 0.3 is 0 Å². The van der Waals surface area contributed by atoms with Crippen molar-refractivity contribution >= 4 is 17.2 Å². The summed E-state index contributed by atoms with van der Waals surface area (Å²) >= 11 is 5.07. The number of ether oxygens (including phenoxy) is 2. The number of hydrogen-bond donors (Lipinski definition) is 1. The highest BCUT2D eigenvalue weighted by molar-refractivity contribution is 7.80. The summed E-state index contributed by atoms with van der Waals surface area (Å²) in [4.78, 5) is 3.06. The molecule has 116 valence electrons. The van der Waals surface area contributed by atoms with Gasteiger partial charge in [-0.1, -0.05) is 19.1 Å². The molecule has 2 N–H and O–H groups in total. The van der Waals surface area contributed by atoms with Crippen LogP contribution >= 0.6 is 12.2 Å². The number of nitrogens with zero attached hydrogens (tertiary/aromatic N) is 1. The highest BCUT2D eigenvalue weighted by atomic mass is 32.1. The molecule has 4 nitrogen and oxygen atoms in total. The summed E-state index contributed by atoms with van der Waals surface area (Å²) in [6.45, 7) is 4.13. The normalized spacial score (nSPS) is 16.1. The maximum absolute atomic E-state index is 5.72. The van der Waals surface area contributed by atoms with Crippen molar-refractivity contribution < 1.29 is 9.47 Å². The fourth-order valence-corrected chi connectivity index (χ4v) is 3.17. The Hall–Kier alpha value is -1.33. The van der Waals surface area contributed by atoms with Crippen molar-refractivity contribution in [2.45, 2.75) is 38.8 Å². The predicted molar refractivity (Wildman–Crippen MR) is 89.1 cm³/mol. The summed E-state index contributed by atoms with van der Waals surface area (Å²) in [6.07, 6.45) is 2.86. The summed E-state index contributed by atoms with van der Waals surface area (Å²) in [6, 6.07) is 4.61. The van der Waals surface area contributed by atoms with E-state index in [1.807, 2.05) is 0 Å². The minimum Gasteiger partial charge on any atom is -0.493 e. The van der Waals surface area contributed by atoms with Gasteiger partial charge in [-0.15, -0.1) is 0 Å². The van der Waals surface area contributed by atoms with Crippen LogP contribution in [0.4, 0.5) is 0 Å². The molecule has 1 aromatic rings. The number of nitrogens with two attached hydrogens (primary N) is 1. The molecule has 1 heterocycles. The molecule has 0 saturated carbocycles. The number of benzene rings is 1. The molecular formula is C16H24N2O2S. The van der Waals surface area contributed by atoms with Crippen LogP contribution in [0.15, 0.2) is 12.1 Å². The molecule has 0 fully saturated rings. The maximum atomic E-state index is 5.72. The van der Waals surface area contributed by atoms with Crippen molar-refractivity contribution in [3.05, 3.63) is 23.3 Å². The number of rotatable bonds is 6. The summed E-state index contributed by atoms with van der Waals surface area (Å²) in [5.74, 6) is 1.60. The number of hydrogen-bond acceptors (Lipinski definition) is 4. The van der Waals surface area contributed by atoms with E-state index in [1.165, 1.54) is 11.1 Å². The number of thiocarbonyl (C=S) groups is 1. The molecule has 0 bridgehead atoms. The third-order valence-electron chi connectivity index (χ3n) is 4.17. The van der Waals surface area contributed by atoms with E-state index in [1.54, 1.807) is 14.2 Å². The standard InChI is InChI=1S/C16H24N2O2S/c1-4-13(9-16(17)21)18-6-5-11-7-14(19-2)15(20-3)8-12(11)10-18/h7-8,13H,4-6,9-10H2,1-3H3,(H2,17,21). The minimum absolute atomic E-state index is 0.420. The van der Waals surface area contributed by atoms with Crippen molar-refractivity contribution in [3.63, 3.8) is 0 Å². The Morgan fingerprint density at radius 2 is 1.90 bits per heavy atom. The van der Waals surface area contributed by atoms with Crippen molar-refractivity contribution in [1.29, 1.82) is 0 Å². The van der Waals surface area contributed by atoms with Gasteiger partial charge in [-0.25, -0.2) is 0 Å². The van der Waals surface area contributed by atoms with E-state index in [0.29, 0.717) is 11.0 Å². The van der Waals surface area contributed by atoms with Crippen molar-refractivity contribution in [2.24, 2.45) is 5.73 Å². The average molecular weight is 308 g/mol. The Labute approximate surface area is 132 Å². The first kappa shape index (κ1) is 16.0. The lowest BCUT2D eigenvalue weighted by Gasteiger charge is -2.35. The smallest absolute Gasteiger partial charge is 0.161 e. The molecule has 0 aromatic heterocycles. The molecule has 0 aliphatic carbocycles. The third-order valence-corrected chi connectivity index (χ3v) is 4.34. The Bertz CT molecular complexity index is 519. The Balaban J connectivity index is 2.21. The molecule has 21 heavy (non-hydrogen) atoms. The zero-order valence-electron chi connectivity index (χ0n) is 13.0. The molecule has 0 amide bonds. The first-order valence-corrected chi connectivity index (χ1v) is 7.76. The average Bonchev–Trinajstić information content (AvgIpc) is 2.50. The zero-order chi connectivity index (χ0) is 15.4. The highest BCUT2D eigenvalue weighted by Crippen LogP contribution is 2.34. The van der Waals surface area contributed by atoms with Gasteiger partial charge in [0.25, 0.3) is 0 Å². The predicted octanol–water partition coefficient (Wildman–Crippen LogP) is 2.52. The van der Waals surface area contributed by atoms with Crippen LogP contribution in [0, 0.1) is 0 Å². The van der Waals surface area contributed by atoms with Crippen LogP contribution < -0.4 is 15.2 Å². The second-order valence-corrected chi connectivity index (χ2v) is 5.95. The van der Waals surface area contributed by atoms with E-state index in [9.17, 15) is 0 Å². The molecular weight excluding hydrogens is 284 g/mol. The second-order valence-electron chi connectivity index (χ2n) is 5.43. The van der Waals surface area contributed by atoms with Crippen LogP contribution in [0.25, 0.3) is 0 Å². The maximum Gasteiger partial charge on any atom is 0.161 e. The van der Waals surface area contributed by atoms with E-state index in [2.05, 4.69) is 24.0 Å². The van der Waals surface area contributed by atoms with Crippen LogP contribution in [0.1, 0.15) is 30.9 Å². The van der Waals surface area contributed by atoms with Crippen LogP contribution in [0.2, 0.25) is 0 Å².